The van der Waals surface area contributed by atoms with Crippen molar-refractivity contribution < 1.29 is 14.7 Å². The number of H-pyrrole nitrogens is 1. The van der Waals surface area contributed by atoms with Crippen LogP contribution < -0.4 is 0 Å². The number of nitrogens with zero attached hydrogens (tertiary/aromatic N) is 2. The van der Waals surface area contributed by atoms with Gasteiger partial charge in [-0.2, -0.15) is 0 Å². The van der Waals surface area contributed by atoms with Gasteiger partial charge in [-0.3, -0.25) is 4.79 Å². The van der Waals surface area contributed by atoms with Gasteiger partial charge in [0.15, 0.2) is 11.4 Å². The average molecular weight is 265 g/mol. The van der Waals surface area contributed by atoms with Crippen molar-refractivity contribution in [3.8, 4) is 0 Å². The Morgan fingerprint density at radius 1 is 1.47 bits per heavy atom. The van der Waals surface area contributed by atoms with E-state index in [1.807, 2.05) is 0 Å². The second kappa shape index (κ2) is 5.86. The molecule has 0 aromatic carbocycles. The number of imidazole rings is 1. The van der Waals surface area contributed by atoms with Gasteiger partial charge in [-0.1, -0.05) is 13.3 Å². The molecule has 1 aromatic rings. The van der Waals surface area contributed by atoms with Crippen LogP contribution in [0.2, 0.25) is 0 Å². The third kappa shape index (κ3) is 2.94. The third-order valence-electron chi connectivity index (χ3n) is 3.77. The molecule has 0 radical (unpaired) electrons. The fraction of sp³-hybridized carbons (Fsp3) is 0.615. The summed E-state index contributed by atoms with van der Waals surface area (Å²) in [7, 11) is 0. The maximum absolute atomic E-state index is 12.3. The summed E-state index contributed by atoms with van der Waals surface area (Å²) in [6, 6.07) is 0. The van der Waals surface area contributed by atoms with Gasteiger partial charge in [0.2, 0.25) is 0 Å². The Labute approximate surface area is 111 Å². The smallest absolute Gasteiger partial charge is 0.354 e. The van der Waals surface area contributed by atoms with Crippen molar-refractivity contribution in [3.05, 3.63) is 17.7 Å². The number of carbonyl (C=O) groups excluding carboxylic acids is 1. The van der Waals surface area contributed by atoms with E-state index in [2.05, 4.69) is 16.9 Å². The molecular weight excluding hydrogens is 246 g/mol. The molecule has 6 heteroatoms. The summed E-state index contributed by atoms with van der Waals surface area (Å²) in [5.41, 5.74) is -0.108. The molecule has 1 aromatic heterocycles. The Hall–Kier alpha value is -1.85. The molecule has 2 N–H and O–H groups in total. The monoisotopic (exact) mass is 265 g/mol. The van der Waals surface area contributed by atoms with Crippen LogP contribution in [-0.4, -0.2) is 44.9 Å². The van der Waals surface area contributed by atoms with Crippen LogP contribution in [0.5, 0.6) is 0 Å². The van der Waals surface area contributed by atoms with E-state index >= 15 is 0 Å². The van der Waals surface area contributed by atoms with Gasteiger partial charge in [0, 0.05) is 13.1 Å². The Balaban J connectivity index is 2.11. The molecule has 0 bridgehead atoms. The summed E-state index contributed by atoms with van der Waals surface area (Å²) in [6.07, 6.45) is 5.47. The molecule has 2 heterocycles. The van der Waals surface area contributed by atoms with Gasteiger partial charge in [0.1, 0.15) is 0 Å². The lowest BCUT2D eigenvalue weighted by molar-refractivity contribution is 0.0669. The maximum Gasteiger partial charge on any atom is 0.354 e. The molecule has 1 aliphatic heterocycles. The van der Waals surface area contributed by atoms with Crippen LogP contribution >= 0.6 is 0 Å². The molecule has 1 atom stereocenters. The standard InChI is InChI=1S/C13H19N3O3/c1-2-9-4-3-6-16(7-5-9)12(17)10-11(13(18)19)15-8-14-10/h8-9H,2-7H2,1H3,(H,14,15)(H,18,19). The number of amides is 1. The van der Waals surface area contributed by atoms with Gasteiger partial charge in [0.05, 0.1) is 6.33 Å². The van der Waals surface area contributed by atoms with Crippen LogP contribution in [0.3, 0.4) is 0 Å². The van der Waals surface area contributed by atoms with E-state index in [4.69, 9.17) is 5.11 Å². The molecule has 2 rings (SSSR count). The molecule has 1 unspecified atom stereocenters. The van der Waals surface area contributed by atoms with E-state index in [0.29, 0.717) is 19.0 Å². The highest BCUT2D eigenvalue weighted by Crippen LogP contribution is 2.21. The van der Waals surface area contributed by atoms with Crippen molar-refractivity contribution in [2.45, 2.75) is 32.6 Å². The first-order valence-electron chi connectivity index (χ1n) is 6.69. The number of carboxylic acid groups (broad SMARTS) is 1. The number of hydrogen-bond donors (Lipinski definition) is 2. The van der Waals surface area contributed by atoms with Gasteiger partial charge in [-0.25, -0.2) is 9.78 Å². The first kappa shape index (κ1) is 13.6. The van der Waals surface area contributed by atoms with Gasteiger partial charge < -0.3 is 15.0 Å². The molecule has 1 aliphatic rings. The molecule has 1 fully saturated rings. The van der Waals surface area contributed by atoms with Crippen LogP contribution in [0, 0.1) is 5.92 Å². The maximum atomic E-state index is 12.3. The van der Waals surface area contributed by atoms with E-state index in [9.17, 15) is 9.59 Å². The highest BCUT2D eigenvalue weighted by Gasteiger charge is 2.26. The van der Waals surface area contributed by atoms with Gasteiger partial charge in [-0.05, 0) is 25.2 Å². The third-order valence-corrected chi connectivity index (χ3v) is 3.77. The number of carbonyl (C=O) groups is 2. The lowest BCUT2D eigenvalue weighted by Crippen LogP contribution is -2.33. The van der Waals surface area contributed by atoms with Gasteiger partial charge in [0.25, 0.3) is 5.91 Å². The van der Waals surface area contributed by atoms with Crippen molar-refractivity contribution in [2.75, 3.05) is 13.1 Å². The van der Waals surface area contributed by atoms with E-state index in [1.165, 1.54) is 6.33 Å². The quantitative estimate of drug-likeness (QED) is 0.871. The Bertz CT molecular complexity index is 469. The fourth-order valence-electron chi connectivity index (χ4n) is 2.55. The van der Waals surface area contributed by atoms with E-state index in [1.54, 1.807) is 4.90 Å². The van der Waals surface area contributed by atoms with E-state index in [0.717, 1.165) is 25.7 Å². The Morgan fingerprint density at radius 2 is 2.26 bits per heavy atom. The predicted molar refractivity (Wildman–Crippen MR) is 69.1 cm³/mol. The topological polar surface area (TPSA) is 86.3 Å². The van der Waals surface area contributed by atoms with E-state index in [-0.39, 0.29) is 17.3 Å². The zero-order chi connectivity index (χ0) is 13.8. The number of aromatic nitrogens is 2. The minimum Gasteiger partial charge on any atom is -0.477 e. The number of hydrogen-bond acceptors (Lipinski definition) is 3. The summed E-state index contributed by atoms with van der Waals surface area (Å²) in [5.74, 6) is -0.770. The molecule has 19 heavy (non-hydrogen) atoms. The summed E-state index contributed by atoms with van der Waals surface area (Å²) in [6.45, 7) is 3.53. The average Bonchev–Trinajstić information content (AvgIpc) is 2.76. The number of carboxylic acids is 1. The van der Waals surface area contributed by atoms with Gasteiger partial charge in [-0.15, -0.1) is 0 Å². The molecule has 0 aliphatic carbocycles. The second-order valence-corrected chi connectivity index (χ2v) is 4.93. The number of nitrogens with one attached hydrogen (secondary N) is 1. The second-order valence-electron chi connectivity index (χ2n) is 4.93. The first-order valence-corrected chi connectivity index (χ1v) is 6.69. The molecule has 0 saturated carbocycles. The van der Waals surface area contributed by atoms with E-state index < -0.39 is 5.97 Å². The first-order chi connectivity index (χ1) is 9.13. The fourth-order valence-corrected chi connectivity index (χ4v) is 2.55. The molecular formula is C13H19N3O3. The van der Waals surface area contributed by atoms with Crippen LogP contribution in [0.1, 0.15) is 53.6 Å². The molecule has 1 saturated heterocycles. The van der Waals surface area contributed by atoms with Crippen molar-refractivity contribution in [1.82, 2.24) is 14.9 Å². The lowest BCUT2D eigenvalue weighted by Gasteiger charge is -2.19. The highest BCUT2D eigenvalue weighted by molar-refractivity contribution is 6.02. The number of aromatic amines is 1. The predicted octanol–water partition coefficient (Wildman–Crippen LogP) is 1.76. The zero-order valence-electron chi connectivity index (χ0n) is 11.1. The number of likely N-dealkylation sites (tertiary alicyclic amines) is 1. The molecule has 6 nitrogen and oxygen atoms in total. The molecule has 104 valence electrons. The summed E-state index contributed by atoms with van der Waals surface area (Å²) >= 11 is 0. The Morgan fingerprint density at radius 3 is 2.95 bits per heavy atom. The summed E-state index contributed by atoms with van der Waals surface area (Å²) in [4.78, 5) is 31.4. The summed E-state index contributed by atoms with van der Waals surface area (Å²) < 4.78 is 0. The van der Waals surface area contributed by atoms with Crippen molar-refractivity contribution >= 4 is 11.9 Å². The Kier molecular flexibility index (Phi) is 4.19. The SMILES string of the molecule is CCC1CCCN(C(=O)c2nc[nH]c2C(=O)O)CC1. The number of aromatic carboxylic acids is 1. The number of rotatable bonds is 3. The van der Waals surface area contributed by atoms with Crippen LogP contribution in [-0.2, 0) is 0 Å². The highest BCUT2D eigenvalue weighted by atomic mass is 16.4. The van der Waals surface area contributed by atoms with Crippen molar-refractivity contribution in [2.24, 2.45) is 5.92 Å². The van der Waals surface area contributed by atoms with Crippen LogP contribution in [0.15, 0.2) is 6.33 Å². The minimum atomic E-state index is -1.15. The normalized spacial score (nSPS) is 20.1. The summed E-state index contributed by atoms with van der Waals surface area (Å²) in [5, 5.41) is 9.00. The van der Waals surface area contributed by atoms with Crippen LogP contribution in [0.4, 0.5) is 0 Å². The van der Waals surface area contributed by atoms with Crippen LogP contribution in [0.25, 0.3) is 0 Å². The largest absolute Gasteiger partial charge is 0.477 e. The molecule has 0 spiro atoms. The van der Waals surface area contributed by atoms with Crippen molar-refractivity contribution in [1.29, 1.82) is 0 Å². The molecule has 1 amide bonds. The van der Waals surface area contributed by atoms with Gasteiger partial charge >= 0.3 is 5.97 Å². The minimum absolute atomic E-state index is 0.0162. The van der Waals surface area contributed by atoms with Crippen molar-refractivity contribution in [3.63, 3.8) is 0 Å². The lowest BCUT2D eigenvalue weighted by atomic mass is 9.98. The zero-order valence-corrected chi connectivity index (χ0v) is 11.1.